The van der Waals surface area contributed by atoms with Crippen LogP contribution in [-0.2, 0) is 4.79 Å². The van der Waals surface area contributed by atoms with E-state index in [1.807, 2.05) is 29.2 Å². The van der Waals surface area contributed by atoms with Gasteiger partial charge in [-0.3, -0.25) is 9.69 Å². The number of hydrogen-bond acceptors (Lipinski definition) is 2. The van der Waals surface area contributed by atoms with Gasteiger partial charge in [0.05, 0.1) is 6.04 Å². The minimum atomic E-state index is -0.913. The predicted octanol–water partition coefficient (Wildman–Crippen LogP) is 4.76. The van der Waals surface area contributed by atoms with E-state index in [0.717, 1.165) is 28.9 Å². The highest BCUT2D eigenvalue weighted by molar-refractivity contribution is 9.10. The molecule has 2 aromatic rings. The summed E-state index contributed by atoms with van der Waals surface area (Å²) in [5.41, 5.74) is 1.07. The van der Waals surface area contributed by atoms with Crippen molar-refractivity contribution in [3.05, 3.63) is 69.7 Å². The molecule has 0 aliphatic carbocycles. The Morgan fingerprint density at radius 2 is 1.88 bits per heavy atom. The molecule has 25 heavy (non-hydrogen) atoms. The van der Waals surface area contributed by atoms with Gasteiger partial charge in [-0.15, -0.1) is 0 Å². The molecule has 2 aromatic carbocycles. The molecule has 0 amide bonds. The van der Waals surface area contributed by atoms with Crippen molar-refractivity contribution < 1.29 is 18.7 Å². The minimum Gasteiger partial charge on any atom is -0.480 e. The zero-order chi connectivity index (χ0) is 18.0. The Labute approximate surface area is 153 Å². The third kappa shape index (κ3) is 3.90. The maximum Gasteiger partial charge on any atom is 0.320 e. The molecule has 0 bridgehead atoms. The summed E-state index contributed by atoms with van der Waals surface area (Å²) in [7, 11) is 0. The number of carboxylic acids is 1. The topological polar surface area (TPSA) is 40.5 Å². The highest BCUT2D eigenvalue weighted by Crippen LogP contribution is 2.36. The maximum atomic E-state index is 14.5. The first-order chi connectivity index (χ1) is 12.0. The molecule has 0 radical (unpaired) electrons. The van der Waals surface area contributed by atoms with Crippen LogP contribution in [-0.4, -0.2) is 28.6 Å². The van der Waals surface area contributed by atoms with E-state index in [1.165, 1.54) is 12.1 Å². The summed E-state index contributed by atoms with van der Waals surface area (Å²) in [4.78, 5) is 13.5. The Kier molecular flexibility index (Phi) is 5.49. The van der Waals surface area contributed by atoms with Gasteiger partial charge in [0, 0.05) is 16.1 Å². The molecule has 1 saturated heterocycles. The van der Waals surface area contributed by atoms with Crippen molar-refractivity contribution in [3.8, 4) is 0 Å². The van der Waals surface area contributed by atoms with Crippen molar-refractivity contribution in [1.29, 1.82) is 0 Å². The van der Waals surface area contributed by atoms with Crippen molar-refractivity contribution in [3.63, 3.8) is 0 Å². The second-order valence-electron chi connectivity index (χ2n) is 6.21. The van der Waals surface area contributed by atoms with Crippen LogP contribution in [0.25, 0.3) is 0 Å². The normalized spacial score (nSPS) is 19.6. The Bertz CT molecular complexity index is 767. The summed E-state index contributed by atoms with van der Waals surface area (Å²) < 4.78 is 28.8. The van der Waals surface area contributed by atoms with Crippen LogP contribution >= 0.6 is 15.9 Å². The highest BCUT2D eigenvalue weighted by atomic mass is 79.9. The maximum absolute atomic E-state index is 14.5. The van der Waals surface area contributed by atoms with Gasteiger partial charge < -0.3 is 5.11 Å². The monoisotopic (exact) mass is 409 g/mol. The zero-order valence-electron chi connectivity index (χ0n) is 13.5. The number of benzene rings is 2. The lowest BCUT2D eigenvalue weighted by molar-refractivity contribution is -0.145. The Morgan fingerprint density at radius 1 is 1.16 bits per heavy atom. The standard InChI is InChI=1S/C19H18BrF2NO2/c20-13-6-4-12(5-7-13)18(15-9-8-14(21)11-16(15)22)23-10-2-1-3-17(23)19(24)25/h4-9,11,17-18H,1-3,10H2,(H,24,25). The van der Waals surface area contributed by atoms with Gasteiger partial charge >= 0.3 is 5.97 Å². The van der Waals surface area contributed by atoms with E-state index in [2.05, 4.69) is 15.9 Å². The first-order valence-electron chi connectivity index (χ1n) is 8.16. The van der Waals surface area contributed by atoms with Gasteiger partial charge in [0.25, 0.3) is 0 Å². The zero-order valence-corrected chi connectivity index (χ0v) is 15.0. The van der Waals surface area contributed by atoms with Crippen LogP contribution in [0.4, 0.5) is 8.78 Å². The van der Waals surface area contributed by atoms with Crippen molar-refractivity contribution in [2.24, 2.45) is 0 Å². The molecule has 1 heterocycles. The molecule has 2 unspecified atom stereocenters. The minimum absolute atomic E-state index is 0.289. The van der Waals surface area contributed by atoms with Crippen LogP contribution in [0.3, 0.4) is 0 Å². The molecule has 132 valence electrons. The number of halogens is 3. The van der Waals surface area contributed by atoms with Crippen LogP contribution in [0.2, 0.25) is 0 Å². The molecule has 0 aromatic heterocycles. The Morgan fingerprint density at radius 3 is 2.52 bits per heavy atom. The van der Waals surface area contributed by atoms with E-state index >= 15 is 0 Å². The van der Waals surface area contributed by atoms with Crippen molar-refractivity contribution in [2.75, 3.05) is 6.54 Å². The fourth-order valence-electron chi connectivity index (χ4n) is 3.45. The van der Waals surface area contributed by atoms with Gasteiger partial charge in [0.1, 0.15) is 17.7 Å². The summed E-state index contributed by atoms with van der Waals surface area (Å²) in [5.74, 6) is -2.23. The van der Waals surface area contributed by atoms with Crippen LogP contribution in [0.15, 0.2) is 46.9 Å². The van der Waals surface area contributed by atoms with E-state index in [0.29, 0.717) is 13.0 Å². The van der Waals surface area contributed by atoms with Gasteiger partial charge in [-0.1, -0.05) is 40.5 Å². The lowest BCUT2D eigenvalue weighted by Gasteiger charge is -2.39. The van der Waals surface area contributed by atoms with Crippen molar-refractivity contribution in [2.45, 2.75) is 31.3 Å². The van der Waals surface area contributed by atoms with Gasteiger partial charge in [-0.2, -0.15) is 0 Å². The molecule has 1 fully saturated rings. The van der Waals surface area contributed by atoms with Crippen molar-refractivity contribution in [1.82, 2.24) is 4.90 Å². The predicted molar refractivity (Wildman–Crippen MR) is 94.3 cm³/mol. The highest BCUT2D eigenvalue weighted by Gasteiger charge is 2.36. The van der Waals surface area contributed by atoms with Crippen molar-refractivity contribution >= 4 is 21.9 Å². The lowest BCUT2D eigenvalue weighted by Crippen LogP contribution is -2.47. The van der Waals surface area contributed by atoms with Crippen LogP contribution < -0.4 is 0 Å². The quantitative estimate of drug-likeness (QED) is 0.791. The van der Waals surface area contributed by atoms with E-state index in [-0.39, 0.29) is 5.56 Å². The van der Waals surface area contributed by atoms with Crippen LogP contribution in [0.5, 0.6) is 0 Å². The van der Waals surface area contributed by atoms with E-state index < -0.39 is 29.7 Å². The number of carboxylic acid groups (broad SMARTS) is 1. The second kappa shape index (κ2) is 7.62. The molecular formula is C19H18BrF2NO2. The molecule has 2 atom stereocenters. The van der Waals surface area contributed by atoms with E-state index in [4.69, 9.17) is 0 Å². The molecule has 1 aliphatic rings. The molecular weight excluding hydrogens is 392 g/mol. The van der Waals surface area contributed by atoms with E-state index in [9.17, 15) is 18.7 Å². The smallest absolute Gasteiger partial charge is 0.320 e. The molecule has 0 spiro atoms. The van der Waals surface area contributed by atoms with Gasteiger partial charge in [-0.05, 0) is 43.1 Å². The van der Waals surface area contributed by atoms with Crippen LogP contribution in [0.1, 0.15) is 36.4 Å². The lowest BCUT2D eigenvalue weighted by atomic mass is 9.91. The van der Waals surface area contributed by atoms with E-state index in [1.54, 1.807) is 0 Å². The fourth-order valence-corrected chi connectivity index (χ4v) is 3.71. The molecule has 0 saturated carbocycles. The Balaban J connectivity index is 2.10. The molecule has 1 N–H and O–H groups in total. The molecule has 6 heteroatoms. The third-order valence-electron chi connectivity index (χ3n) is 4.60. The van der Waals surface area contributed by atoms with Gasteiger partial charge in [-0.25, -0.2) is 8.78 Å². The first kappa shape index (κ1) is 18.0. The van der Waals surface area contributed by atoms with Gasteiger partial charge in [0.2, 0.25) is 0 Å². The number of rotatable bonds is 4. The van der Waals surface area contributed by atoms with Gasteiger partial charge in [0.15, 0.2) is 0 Å². The summed E-state index contributed by atoms with van der Waals surface area (Å²) in [6, 6.07) is 9.56. The number of hydrogen-bond donors (Lipinski definition) is 1. The summed E-state index contributed by atoms with van der Waals surface area (Å²) in [5, 5.41) is 9.61. The fraction of sp³-hybridized carbons (Fsp3) is 0.316. The number of likely N-dealkylation sites (tertiary alicyclic amines) is 1. The largest absolute Gasteiger partial charge is 0.480 e. The summed E-state index contributed by atoms with van der Waals surface area (Å²) >= 11 is 3.37. The molecule has 3 rings (SSSR count). The number of carbonyl (C=O) groups is 1. The average molecular weight is 410 g/mol. The summed E-state index contributed by atoms with van der Waals surface area (Å²) in [6.07, 6.45) is 2.19. The summed E-state index contributed by atoms with van der Waals surface area (Å²) in [6.45, 7) is 0.550. The first-order valence-corrected chi connectivity index (χ1v) is 8.95. The second-order valence-corrected chi connectivity index (χ2v) is 7.12. The Hall–Kier alpha value is -1.79. The van der Waals surface area contributed by atoms with Crippen LogP contribution in [0, 0.1) is 11.6 Å². The number of piperidine rings is 1. The average Bonchev–Trinajstić information content (AvgIpc) is 2.59. The molecule has 1 aliphatic heterocycles. The SMILES string of the molecule is O=C(O)C1CCCCN1C(c1ccc(Br)cc1)c1ccc(F)cc1F. The number of aliphatic carboxylic acids is 1. The third-order valence-corrected chi connectivity index (χ3v) is 5.13. The molecule has 3 nitrogen and oxygen atoms in total. The number of nitrogens with zero attached hydrogens (tertiary/aromatic N) is 1.